The van der Waals surface area contributed by atoms with Gasteiger partial charge in [-0.1, -0.05) is 35.5 Å². The highest BCUT2D eigenvalue weighted by atomic mass is 16.6. The topological polar surface area (TPSA) is 89.6 Å². The Morgan fingerprint density at radius 3 is 2.87 bits per heavy atom. The van der Waals surface area contributed by atoms with Crippen LogP contribution in [0.1, 0.15) is 18.4 Å². The highest BCUT2D eigenvalue weighted by Gasteiger charge is 2.26. The van der Waals surface area contributed by atoms with Crippen molar-refractivity contribution in [2.45, 2.75) is 25.4 Å². The smallest absolute Gasteiger partial charge is 0.273 e. The molecule has 1 aromatic heterocycles. The number of benzene rings is 1. The number of hydrogen-bond donors (Lipinski definition) is 2. The first kappa shape index (κ1) is 15.0. The number of rotatable bonds is 5. The molecule has 3 rings (SSSR count). The van der Waals surface area contributed by atoms with Crippen molar-refractivity contribution in [2.24, 2.45) is 5.16 Å². The fourth-order valence-corrected chi connectivity index (χ4v) is 2.41. The zero-order valence-electron chi connectivity index (χ0n) is 12.6. The van der Waals surface area contributed by atoms with Crippen molar-refractivity contribution >= 4 is 23.1 Å². The second-order valence-corrected chi connectivity index (χ2v) is 5.38. The molecule has 2 aromatic rings. The van der Waals surface area contributed by atoms with Crippen LogP contribution in [0.2, 0.25) is 0 Å². The molecule has 0 aliphatic carbocycles. The summed E-state index contributed by atoms with van der Waals surface area (Å²) in [6.07, 6.45) is 3.71. The fraction of sp³-hybridized carbons (Fsp3) is 0.235. The summed E-state index contributed by atoms with van der Waals surface area (Å²) in [6.45, 7) is 0. The number of nitrogens with zero attached hydrogens (tertiary/aromatic N) is 2. The lowest BCUT2D eigenvalue weighted by Crippen LogP contribution is -2.23. The third-order valence-electron chi connectivity index (χ3n) is 3.68. The van der Waals surface area contributed by atoms with Gasteiger partial charge in [0.1, 0.15) is 17.6 Å². The average Bonchev–Trinajstić information content (AvgIpc) is 3.05. The van der Waals surface area contributed by atoms with E-state index in [4.69, 9.17) is 10.6 Å². The summed E-state index contributed by atoms with van der Waals surface area (Å²) < 4.78 is 0. The normalized spacial score (nSPS) is 16.5. The molecule has 0 saturated carbocycles. The zero-order chi connectivity index (χ0) is 16.1. The van der Waals surface area contributed by atoms with E-state index in [0.717, 1.165) is 12.8 Å². The first-order valence-corrected chi connectivity index (χ1v) is 7.51. The largest absolute Gasteiger partial charge is 0.392 e. The van der Waals surface area contributed by atoms with Gasteiger partial charge in [-0.2, -0.15) is 0 Å². The number of nitrogens with one attached hydrogen (secondary N) is 1. The van der Waals surface area contributed by atoms with E-state index in [9.17, 15) is 4.79 Å². The van der Waals surface area contributed by atoms with Crippen LogP contribution in [0.4, 0.5) is 11.5 Å². The second-order valence-electron chi connectivity index (χ2n) is 5.38. The van der Waals surface area contributed by atoms with Crippen LogP contribution in [0.25, 0.3) is 0 Å². The number of hydrogen-bond acceptors (Lipinski definition) is 5. The molecule has 0 fully saturated rings. The van der Waals surface area contributed by atoms with E-state index in [0.29, 0.717) is 17.8 Å². The fourth-order valence-electron chi connectivity index (χ4n) is 2.41. The minimum atomic E-state index is -0.299. The lowest BCUT2D eigenvalue weighted by Gasteiger charge is -2.08. The predicted molar refractivity (Wildman–Crippen MR) is 89.0 cm³/mol. The van der Waals surface area contributed by atoms with Gasteiger partial charge in [0.2, 0.25) is 0 Å². The Bertz CT molecular complexity index is 716. The third kappa shape index (κ3) is 3.85. The average molecular weight is 310 g/mol. The van der Waals surface area contributed by atoms with Crippen molar-refractivity contribution in [2.75, 3.05) is 11.1 Å². The second kappa shape index (κ2) is 6.91. The van der Waals surface area contributed by atoms with Crippen LogP contribution in [-0.4, -0.2) is 22.7 Å². The van der Waals surface area contributed by atoms with Crippen molar-refractivity contribution in [3.63, 3.8) is 0 Å². The molecule has 2 heterocycles. The Morgan fingerprint density at radius 1 is 1.26 bits per heavy atom. The molecule has 0 bridgehead atoms. The molecule has 0 spiro atoms. The van der Waals surface area contributed by atoms with E-state index in [1.165, 1.54) is 5.56 Å². The molecule has 1 amide bonds. The number of aromatic nitrogens is 1. The summed E-state index contributed by atoms with van der Waals surface area (Å²) in [5, 5.41) is 6.61. The Kier molecular flexibility index (Phi) is 4.52. The lowest BCUT2D eigenvalue weighted by atomic mass is 10.0. The van der Waals surface area contributed by atoms with Crippen LogP contribution >= 0.6 is 0 Å². The molecule has 1 aliphatic heterocycles. The number of oxime groups is 1. The monoisotopic (exact) mass is 310 g/mol. The third-order valence-corrected chi connectivity index (χ3v) is 3.68. The molecule has 3 N–H and O–H groups in total. The van der Waals surface area contributed by atoms with E-state index in [2.05, 4.69) is 27.6 Å². The minimum absolute atomic E-state index is 0.0674. The van der Waals surface area contributed by atoms with Gasteiger partial charge in [0.15, 0.2) is 0 Å². The minimum Gasteiger partial charge on any atom is -0.392 e. The Hall–Kier alpha value is -2.89. The summed E-state index contributed by atoms with van der Waals surface area (Å²) in [5.41, 5.74) is 7.82. The molecule has 1 aromatic carbocycles. The number of carbonyl (C=O) groups excluding carboxylic acids is 1. The van der Waals surface area contributed by atoms with Gasteiger partial charge in [-0.15, -0.1) is 0 Å². The molecular formula is C17H18N4O2. The van der Waals surface area contributed by atoms with Crippen molar-refractivity contribution < 1.29 is 9.63 Å². The molecule has 23 heavy (non-hydrogen) atoms. The Morgan fingerprint density at radius 2 is 2.09 bits per heavy atom. The van der Waals surface area contributed by atoms with Crippen LogP contribution in [0.5, 0.6) is 0 Å². The molecule has 118 valence electrons. The number of aryl methyl sites for hydroxylation is 1. The summed E-state index contributed by atoms with van der Waals surface area (Å²) >= 11 is 0. The molecule has 0 radical (unpaired) electrons. The molecule has 1 unspecified atom stereocenters. The highest BCUT2D eigenvalue weighted by molar-refractivity contribution is 6.43. The van der Waals surface area contributed by atoms with E-state index < -0.39 is 0 Å². The van der Waals surface area contributed by atoms with E-state index in [-0.39, 0.29) is 17.8 Å². The number of anilines is 2. The molecule has 6 heteroatoms. The van der Waals surface area contributed by atoms with E-state index in [1.54, 1.807) is 18.3 Å². The molecule has 1 aliphatic rings. The van der Waals surface area contributed by atoms with Gasteiger partial charge < -0.3 is 15.9 Å². The molecular weight excluding hydrogens is 292 g/mol. The first-order valence-electron chi connectivity index (χ1n) is 7.51. The van der Waals surface area contributed by atoms with Crippen LogP contribution in [0.15, 0.2) is 53.8 Å². The SMILES string of the molecule is Nc1ncccc1NC(=O)C1=NOC(CCc2ccccc2)C1. The molecule has 0 saturated heterocycles. The van der Waals surface area contributed by atoms with Crippen molar-refractivity contribution in [1.82, 2.24) is 4.98 Å². The van der Waals surface area contributed by atoms with Crippen LogP contribution in [0, 0.1) is 0 Å². The van der Waals surface area contributed by atoms with Gasteiger partial charge in [-0.3, -0.25) is 4.79 Å². The predicted octanol–water partition coefficient (Wildman–Crippen LogP) is 2.38. The van der Waals surface area contributed by atoms with Gasteiger partial charge in [-0.25, -0.2) is 4.98 Å². The summed E-state index contributed by atoms with van der Waals surface area (Å²) in [6, 6.07) is 13.6. The van der Waals surface area contributed by atoms with Crippen LogP contribution in [0.3, 0.4) is 0 Å². The number of amides is 1. The van der Waals surface area contributed by atoms with Gasteiger partial charge in [0.05, 0.1) is 5.69 Å². The molecule has 1 atom stereocenters. The zero-order valence-corrected chi connectivity index (χ0v) is 12.6. The van der Waals surface area contributed by atoms with Crippen molar-refractivity contribution in [3.05, 3.63) is 54.2 Å². The van der Waals surface area contributed by atoms with Gasteiger partial charge in [-0.05, 0) is 30.5 Å². The van der Waals surface area contributed by atoms with Gasteiger partial charge in [0.25, 0.3) is 5.91 Å². The van der Waals surface area contributed by atoms with Crippen LogP contribution in [-0.2, 0) is 16.1 Å². The summed E-state index contributed by atoms with van der Waals surface area (Å²) in [7, 11) is 0. The Balaban J connectivity index is 1.51. The maximum atomic E-state index is 12.2. The highest BCUT2D eigenvalue weighted by Crippen LogP contribution is 2.19. The van der Waals surface area contributed by atoms with E-state index in [1.807, 2.05) is 18.2 Å². The maximum Gasteiger partial charge on any atom is 0.273 e. The maximum absolute atomic E-state index is 12.2. The van der Waals surface area contributed by atoms with Crippen molar-refractivity contribution in [3.8, 4) is 0 Å². The quantitative estimate of drug-likeness (QED) is 0.887. The number of nitrogen functional groups attached to an aromatic ring is 1. The first-order chi connectivity index (χ1) is 11.2. The van der Waals surface area contributed by atoms with Gasteiger partial charge in [0, 0.05) is 12.6 Å². The lowest BCUT2D eigenvalue weighted by molar-refractivity contribution is -0.110. The van der Waals surface area contributed by atoms with E-state index >= 15 is 0 Å². The number of carbonyl (C=O) groups is 1. The number of nitrogens with two attached hydrogens (primary N) is 1. The summed E-state index contributed by atoms with van der Waals surface area (Å²) in [4.78, 5) is 21.5. The Labute approximate surface area is 134 Å². The number of pyridine rings is 1. The van der Waals surface area contributed by atoms with Gasteiger partial charge >= 0.3 is 0 Å². The molecule has 6 nitrogen and oxygen atoms in total. The van der Waals surface area contributed by atoms with Crippen LogP contribution < -0.4 is 11.1 Å². The summed E-state index contributed by atoms with van der Waals surface area (Å²) in [5.74, 6) is -0.0205. The standard InChI is InChI=1S/C17H18N4O2/c18-16-14(7-4-10-19-16)20-17(22)15-11-13(23-21-15)9-8-12-5-2-1-3-6-12/h1-7,10,13H,8-9,11H2,(H2,18,19)(H,20,22). The van der Waals surface area contributed by atoms with Crippen molar-refractivity contribution in [1.29, 1.82) is 0 Å².